The van der Waals surface area contributed by atoms with Crippen LogP contribution in [0.5, 0.6) is 0 Å². The first-order valence-electron chi connectivity index (χ1n) is 10.0. The van der Waals surface area contributed by atoms with E-state index in [2.05, 4.69) is 33.7 Å². The SMILES string of the molecule is Cc1c(C(=O)N2CCC(c3n[nH]c(=S)n3C(C)C)CC2)cnn1-c1ccccc1. The number of piperidine rings is 1. The number of hydrogen-bond acceptors (Lipinski definition) is 4. The first kappa shape index (κ1) is 19.6. The number of aromatic amines is 1. The molecule has 3 heterocycles. The normalized spacial score (nSPS) is 15.2. The van der Waals surface area contributed by atoms with Crippen molar-refractivity contribution >= 4 is 18.1 Å². The van der Waals surface area contributed by atoms with Crippen molar-refractivity contribution in [1.29, 1.82) is 0 Å². The van der Waals surface area contributed by atoms with Crippen LogP contribution in [0.25, 0.3) is 5.69 Å². The molecule has 0 spiro atoms. The van der Waals surface area contributed by atoms with Crippen molar-refractivity contribution in [2.24, 2.45) is 0 Å². The zero-order valence-corrected chi connectivity index (χ0v) is 17.8. The topological polar surface area (TPSA) is 71.7 Å². The number of carbonyl (C=O) groups is 1. The maximum atomic E-state index is 13.1. The first-order chi connectivity index (χ1) is 14.0. The Hall–Kier alpha value is -2.74. The summed E-state index contributed by atoms with van der Waals surface area (Å²) in [6.07, 6.45) is 3.44. The van der Waals surface area contributed by atoms with Gasteiger partial charge in [0.25, 0.3) is 5.91 Å². The van der Waals surface area contributed by atoms with Gasteiger partial charge in [0.05, 0.1) is 23.1 Å². The fourth-order valence-electron chi connectivity index (χ4n) is 4.06. The van der Waals surface area contributed by atoms with Gasteiger partial charge in [-0.05, 0) is 58.0 Å². The molecule has 1 amide bonds. The van der Waals surface area contributed by atoms with Crippen LogP contribution in [0.3, 0.4) is 0 Å². The van der Waals surface area contributed by atoms with E-state index < -0.39 is 0 Å². The van der Waals surface area contributed by atoms with Gasteiger partial charge in [-0.25, -0.2) is 4.68 Å². The average molecular weight is 411 g/mol. The molecule has 0 unspecified atom stereocenters. The molecule has 152 valence electrons. The molecule has 0 bridgehead atoms. The zero-order chi connectivity index (χ0) is 20.5. The maximum absolute atomic E-state index is 13.1. The third kappa shape index (κ3) is 3.64. The monoisotopic (exact) mass is 410 g/mol. The van der Waals surface area contributed by atoms with Crippen LogP contribution >= 0.6 is 12.2 Å². The number of nitrogens with one attached hydrogen (secondary N) is 1. The molecule has 0 aliphatic carbocycles. The van der Waals surface area contributed by atoms with Gasteiger partial charge in [0.15, 0.2) is 4.77 Å². The average Bonchev–Trinajstić information content (AvgIpc) is 3.31. The van der Waals surface area contributed by atoms with Gasteiger partial charge in [-0.3, -0.25) is 9.89 Å². The molecule has 1 N–H and O–H groups in total. The molecule has 4 rings (SSSR count). The maximum Gasteiger partial charge on any atom is 0.257 e. The summed E-state index contributed by atoms with van der Waals surface area (Å²) in [6, 6.07) is 10.1. The molecule has 1 fully saturated rings. The molecule has 3 aromatic rings. The van der Waals surface area contributed by atoms with Gasteiger partial charge in [-0.15, -0.1) is 0 Å². The minimum absolute atomic E-state index is 0.0471. The standard InChI is InChI=1S/C21H26N6OS/c1-14(2)26-19(23-24-21(26)29)16-9-11-25(12-10-16)20(28)18-13-22-27(15(18)3)17-7-5-4-6-8-17/h4-8,13-14,16H,9-12H2,1-3H3,(H,24,29). The summed E-state index contributed by atoms with van der Waals surface area (Å²) in [5, 5.41) is 11.8. The molecule has 1 aromatic carbocycles. The molecule has 0 atom stereocenters. The fraction of sp³-hybridized carbons (Fsp3) is 0.429. The van der Waals surface area contributed by atoms with Crippen LogP contribution in [-0.2, 0) is 0 Å². The Morgan fingerprint density at radius 3 is 2.55 bits per heavy atom. The Labute approximate surface area is 175 Å². The van der Waals surface area contributed by atoms with Crippen molar-refractivity contribution in [3.8, 4) is 5.69 Å². The van der Waals surface area contributed by atoms with Gasteiger partial charge in [-0.2, -0.15) is 10.2 Å². The summed E-state index contributed by atoms with van der Waals surface area (Å²) in [4.78, 5) is 15.0. The number of amides is 1. The lowest BCUT2D eigenvalue weighted by Crippen LogP contribution is -2.38. The van der Waals surface area contributed by atoms with Crippen LogP contribution in [0.2, 0.25) is 0 Å². The van der Waals surface area contributed by atoms with Gasteiger partial charge >= 0.3 is 0 Å². The Balaban J connectivity index is 1.48. The van der Waals surface area contributed by atoms with E-state index in [1.165, 1.54) is 0 Å². The zero-order valence-electron chi connectivity index (χ0n) is 17.0. The van der Waals surface area contributed by atoms with E-state index in [-0.39, 0.29) is 11.9 Å². The smallest absolute Gasteiger partial charge is 0.257 e. The van der Waals surface area contributed by atoms with Crippen molar-refractivity contribution in [3.05, 3.63) is 58.4 Å². The van der Waals surface area contributed by atoms with Crippen LogP contribution in [0, 0.1) is 11.7 Å². The summed E-state index contributed by atoms with van der Waals surface area (Å²) < 4.78 is 4.57. The number of nitrogens with zero attached hydrogens (tertiary/aromatic N) is 5. The second kappa shape index (κ2) is 7.94. The van der Waals surface area contributed by atoms with Gasteiger partial charge in [0, 0.05) is 25.0 Å². The van der Waals surface area contributed by atoms with E-state index in [1.807, 2.05) is 46.8 Å². The number of carbonyl (C=O) groups excluding carboxylic acids is 1. The third-order valence-corrected chi connectivity index (χ3v) is 5.92. The first-order valence-corrected chi connectivity index (χ1v) is 10.4. The highest BCUT2D eigenvalue weighted by Crippen LogP contribution is 2.29. The van der Waals surface area contributed by atoms with Crippen molar-refractivity contribution in [1.82, 2.24) is 29.4 Å². The van der Waals surface area contributed by atoms with E-state index in [0.29, 0.717) is 29.3 Å². The minimum Gasteiger partial charge on any atom is -0.338 e. The van der Waals surface area contributed by atoms with Crippen molar-refractivity contribution in [2.75, 3.05) is 13.1 Å². The third-order valence-electron chi connectivity index (χ3n) is 5.64. The van der Waals surface area contributed by atoms with E-state index >= 15 is 0 Å². The second-order valence-corrected chi connectivity index (χ2v) is 8.19. The minimum atomic E-state index is 0.0471. The molecule has 1 aliphatic heterocycles. The van der Waals surface area contributed by atoms with E-state index in [0.717, 1.165) is 30.0 Å². The van der Waals surface area contributed by atoms with Crippen molar-refractivity contribution in [2.45, 2.75) is 45.6 Å². The highest BCUT2D eigenvalue weighted by molar-refractivity contribution is 7.71. The predicted molar refractivity (Wildman–Crippen MR) is 114 cm³/mol. The van der Waals surface area contributed by atoms with E-state index in [9.17, 15) is 4.79 Å². The van der Waals surface area contributed by atoms with Crippen molar-refractivity contribution < 1.29 is 4.79 Å². The van der Waals surface area contributed by atoms with Crippen LogP contribution in [0.1, 0.15) is 60.5 Å². The molecule has 1 saturated heterocycles. The summed E-state index contributed by atoms with van der Waals surface area (Å²) >= 11 is 5.38. The Morgan fingerprint density at radius 2 is 1.90 bits per heavy atom. The molecular weight excluding hydrogens is 384 g/mol. The van der Waals surface area contributed by atoms with Crippen LogP contribution in [0.15, 0.2) is 36.5 Å². The van der Waals surface area contributed by atoms with Gasteiger partial charge in [0.1, 0.15) is 5.82 Å². The summed E-state index contributed by atoms with van der Waals surface area (Å²) in [5.41, 5.74) is 2.49. The molecule has 0 saturated carbocycles. The second-order valence-electron chi connectivity index (χ2n) is 7.81. The molecule has 1 aliphatic rings. The highest BCUT2D eigenvalue weighted by atomic mass is 32.1. The molecule has 2 aromatic heterocycles. The van der Waals surface area contributed by atoms with Crippen LogP contribution in [0.4, 0.5) is 0 Å². The molecule has 29 heavy (non-hydrogen) atoms. The van der Waals surface area contributed by atoms with Gasteiger partial charge in [-0.1, -0.05) is 18.2 Å². The van der Waals surface area contributed by atoms with Gasteiger partial charge < -0.3 is 9.47 Å². The quantitative estimate of drug-likeness (QED) is 0.659. The molecular formula is C21H26N6OS. The fourth-order valence-corrected chi connectivity index (χ4v) is 4.41. The number of benzene rings is 1. The summed E-state index contributed by atoms with van der Waals surface area (Å²) in [7, 11) is 0. The highest BCUT2D eigenvalue weighted by Gasteiger charge is 2.29. The Kier molecular flexibility index (Phi) is 5.36. The van der Waals surface area contributed by atoms with Crippen LogP contribution in [-0.4, -0.2) is 48.4 Å². The number of para-hydroxylation sites is 1. The Bertz CT molecular complexity index is 1060. The lowest BCUT2D eigenvalue weighted by molar-refractivity contribution is 0.0709. The van der Waals surface area contributed by atoms with Gasteiger partial charge in [0.2, 0.25) is 0 Å². The number of likely N-dealkylation sites (tertiary alicyclic amines) is 1. The Morgan fingerprint density at radius 1 is 1.21 bits per heavy atom. The number of hydrogen-bond donors (Lipinski definition) is 1. The lowest BCUT2D eigenvalue weighted by atomic mass is 9.95. The van der Waals surface area contributed by atoms with Crippen molar-refractivity contribution in [3.63, 3.8) is 0 Å². The number of rotatable bonds is 4. The number of aromatic nitrogens is 5. The number of H-pyrrole nitrogens is 1. The summed E-state index contributed by atoms with van der Waals surface area (Å²) in [6.45, 7) is 7.58. The lowest BCUT2D eigenvalue weighted by Gasteiger charge is -2.32. The largest absolute Gasteiger partial charge is 0.338 e. The molecule has 8 heteroatoms. The van der Waals surface area contributed by atoms with E-state index in [4.69, 9.17) is 12.2 Å². The van der Waals surface area contributed by atoms with E-state index in [1.54, 1.807) is 6.20 Å². The molecule has 7 nitrogen and oxygen atoms in total. The van der Waals surface area contributed by atoms with Crippen LogP contribution < -0.4 is 0 Å². The predicted octanol–water partition coefficient (Wildman–Crippen LogP) is 4.04. The summed E-state index contributed by atoms with van der Waals surface area (Å²) in [5.74, 6) is 1.36. The molecule has 0 radical (unpaired) electrons.